The van der Waals surface area contributed by atoms with Crippen molar-refractivity contribution < 1.29 is 14.6 Å². The Kier molecular flexibility index (Phi) is 6.16. The zero-order valence-electron chi connectivity index (χ0n) is 13.7. The Morgan fingerprint density at radius 1 is 1.33 bits per heavy atom. The van der Waals surface area contributed by atoms with Gasteiger partial charge in [0.05, 0.1) is 13.1 Å². The van der Waals surface area contributed by atoms with Crippen LogP contribution in [0.4, 0.5) is 4.39 Å². The van der Waals surface area contributed by atoms with Crippen LogP contribution in [0.3, 0.4) is 0 Å². The first-order valence-electron chi connectivity index (χ1n) is 7.68. The van der Waals surface area contributed by atoms with Gasteiger partial charge in [-0.1, -0.05) is 12.1 Å². The van der Waals surface area contributed by atoms with Crippen LogP contribution in [0.5, 0.6) is 5.75 Å². The number of hydrogen-bond donors (Lipinski definition) is 4. The fourth-order valence-corrected chi connectivity index (χ4v) is 2.88. The molecule has 0 aliphatic carbocycles. The largest absolute Gasteiger partial charge is 0.505 e. The van der Waals surface area contributed by atoms with Crippen LogP contribution >= 0.6 is 11.3 Å². The van der Waals surface area contributed by atoms with Crippen LogP contribution in [0.15, 0.2) is 40.7 Å². The minimum Gasteiger partial charge on any atom is -0.505 e. The topological polar surface area (TPSA) is 76.9 Å². The third-order valence-electron chi connectivity index (χ3n) is 3.43. The molecule has 1 atom stereocenters. The number of guanidine groups is 1. The maximum atomic E-state index is 13.4. The lowest BCUT2D eigenvalue weighted by molar-refractivity contribution is 0.0655. The molecule has 5 nitrogen and oxygen atoms in total. The molecule has 0 saturated heterocycles. The van der Waals surface area contributed by atoms with Crippen molar-refractivity contribution in [2.24, 2.45) is 4.99 Å². The Labute approximate surface area is 144 Å². The normalized spacial score (nSPS) is 14.2. The Hall–Kier alpha value is -2.12. The van der Waals surface area contributed by atoms with Crippen molar-refractivity contribution in [2.45, 2.75) is 26.0 Å². The molecule has 2 aromatic rings. The molecular formula is C17H22FN3O2S. The van der Waals surface area contributed by atoms with Crippen molar-refractivity contribution in [3.05, 3.63) is 52.0 Å². The Balaban J connectivity index is 2.01. The molecule has 7 heteroatoms. The summed E-state index contributed by atoms with van der Waals surface area (Å²) in [4.78, 5) is 5.24. The number of aliphatic imine (C=N–C) groups is 1. The lowest BCUT2D eigenvalue weighted by atomic mass is 10.1. The first-order chi connectivity index (χ1) is 11.4. The molecule has 1 heterocycles. The second-order valence-corrected chi connectivity index (χ2v) is 6.53. The van der Waals surface area contributed by atoms with Crippen LogP contribution in [0.2, 0.25) is 0 Å². The summed E-state index contributed by atoms with van der Waals surface area (Å²) in [5, 5.41) is 27.8. The van der Waals surface area contributed by atoms with Crippen molar-refractivity contribution in [1.29, 1.82) is 0 Å². The number of benzene rings is 1. The molecule has 24 heavy (non-hydrogen) atoms. The molecule has 0 fully saturated rings. The lowest BCUT2D eigenvalue weighted by Gasteiger charge is -2.23. The fourth-order valence-electron chi connectivity index (χ4n) is 2.09. The number of nitrogens with one attached hydrogen (secondary N) is 2. The average Bonchev–Trinajstić information content (AvgIpc) is 3.09. The molecule has 0 radical (unpaired) electrons. The van der Waals surface area contributed by atoms with E-state index in [1.807, 2.05) is 24.4 Å². The molecule has 1 unspecified atom stereocenters. The quantitative estimate of drug-likeness (QED) is 0.477. The summed E-state index contributed by atoms with van der Waals surface area (Å²) < 4.78 is 13.4. The van der Waals surface area contributed by atoms with E-state index in [9.17, 15) is 14.6 Å². The maximum Gasteiger partial charge on any atom is 0.191 e. The van der Waals surface area contributed by atoms with Gasteiger partial charge in [0.2, 0.25) is 0 Å². The van der Waals surface area contributed by atoms with Crippen molar-refractivity contribution >= 4 is 17.3 Å². The molecule has 1 aromatic heterocycles. The monoisotopic (exact) mass is 351 g/mol. The Morgan fingerprint density at radius 2 is 2.12 bits per heavy atom. The average molecular weight is 351 g/mol. The number of phenols is 1. The number of nitrogens with zero attached hydrogens (tertiary/aromatic N) is 1. The van der Waals surface area contributed by atoms with Crippen LogP contribution in [-0.4, -0.2) is 29.3 Å². The van der Waals surface area contributed by atoms with Crippen molar-refractivity contribution in [1.82, 2.24) is 10.6 Å². The number of halogens is 1. The molecule has 0 aliphatic rings. The second-order valence-electron chi connectivity index (χ2n) is 5.59. The Bertz CT molecular complexity index is 687. The highest BCUT2D eigenvalue weighted by atomic mass is 32.1. The van der Waals surface area contributed by atoms with Gasteiger partial charge in [0.1, 0.15) is 5.60 Å². The molecule has 2 rings (SSSR count). The summed E-state index contributed by atoms with van der Waals surface area (Å²) in [5.41, 5.74) is -0.359. The highest BCUT2D eigenvalue weighted by molar-refractivity contribution is 7.10. The summed E-state index contributed by atoms with van der Waals surface area (Å²) in [6.45, 7) is 4.90. The van der Waals surface area contributed by atoms with E-state index < -0.39 is 11.4 Å². The van der Waals surface area contributed by atoms with Gasteiger partial charge in [0.15, 0.2) is 17.5 Å². The van der Waals surface area contributed by atoms with Gasteiger partial charge >= 0.3 is 0 Å². The van der Waals surface area contributed by atoms with Crippen LogP contribution < -0.4 is 10.6 Å². The van der Waals surface area contributed by atoms with Crippen LogP contribution in [0, 0.1) is 5.82 Å². The molecule has 0 bridgehead atoms. The van der Waals surface area contributed by atoms with E-state index in [0.717, 1.165) is 4.88 Å². The first-order valence-corrected chi connectivity index (χ1v) is 8.56. The molecule has 4 N–H and O–H groups in total. The van der Waals surface area contributed by atoms with Gasteiger partial charge in [0.25, 0.3) is 0 Å². The lowest BCUT2D eigenvalue weighted by Crippen LogP contribution is -2.44. The number of rotatable bonds is 6. The van der Waals surface area contributed by atoms with E-state index in [2.05, 4.69) is 15.6 Å². The summed E-state index contributed by atoms with van der Waals surface area (Å²) >= 11 is 1.49. The van der Waals surface area contributed by atoms with Crippen LogP contribution in [-0.2, 0) is 12.1 Å². The van der Waals surface area contributed by atoms with E-state index in [1.54, 1.807) is 13.0 Å². The molecule has 0 saturated carbocycles. The predicted octanol–water partition coefficient (Wildman–Crippen LogP) is 2.56. The van der Waals surface area contributed by atoms with Gasteiger partial charge in [0, 0.05) is 11.4 Å². The van der Waals surface area contributed by atoms with E-state index in [0.29, 0.717) is 24.6 Å². The molecule has 130 valence electrons. The van der Waals surface area contributed by atoms with Crippen molar-refractivity contribution in [2.75, 3.05) is 13.1 Å². The molecule has 1 aromatic carbocycles. The third-order valence-corrected chi connectivity index (χ3v) is 4.55. The van der Waals surface area contributed by atoms with Gasteiger partial charge in [-0.3, -0.25) is 0 Å². The number of aliphatic hydroxyl groups is 1. The van der Waals surface area contributed by atoms with E-state index in [4.69, 9.17) is 0 Å². The van der Waals surface area contributed by atoms with Crippen LogP contribution in [0.1, 0.15) is 24.3 Å². The number of phenolic OH excluding ortho intramolecular Hbond substituents is 1. The van der Waals surface area contributed by atoms with Gasteiger partial charge in [-0.05, 0) is 43.0 Å². The number of thiophene rings is 1. The second kappa shape index (κ2) is 8.12. The summed E-state index contributed by atoms with van der Waals surface area (Å²) in [6.07, 6.45) is 0. The standard InChI is InChI=1S/C17H22FN3O2S/c1-3-19-16(20-10-12-6-7-14(22)13(18)9-12)21-11-17(2,23)15-5-4-8-24-15/h4-9,22-23H,3,10-11H2,1-2H3,(H2,19,20,21). The van der Waals surface area contributed by atoms with Gasteiger partial charge in [-0.15, -0.1) is 11.3 Å². The van der Waals surface area contributed by atoms with Gasteiger partial charge in [-0.25, -0.2) is 9.38 Å². The minimum atomic E-state index is -1.00. The summed E-state index contributed by atoms with van der Waals surface area (Å²) in [5.74, 6) is -0.510. The molecule has 0 aliphatic heterocycles. The predicted molar refractivity (Wildman–Crippen MR) is 94.8 cm³/mol. The van der Waals surface area contributed by atoms with Gasteiger partial charge < -0.3 is 20.8 Å². The SMILES string of the molecule is CCNC(=NCc1ccc(O)c(F)c1)NCC(C)(O)c1cccs1. The fraction of sp³-hybridized carbons (Fsp3) is 0.353. The highest BCUT2D eigenvalue weighted by Gasteiger charge is 2.24. The zero-order valence-corrected chi connectivity index (χ0v) is 14.5. The third kappa shape index (κ3) is 4.94. The smallest absolute Gasteiger partial charge is 0.191 e. The van der Waals surface area contributed by atoms with Crippen molar-refractivity contribution in [3.8, 4) is 5.75 Å². The maximum absolute atomic E-state index is 13.4. The van der Waals surface area contributed by atoms with Crippen molar-refractivity contribution in [3.63, 3.8) is 0 Å². The highest BCUT2D eigenvalue weighted by Crippen LogP contribution is 2.24. The number of aromatic hydroxyl groups is 1. The van der Waals surface area contributed by atoms with Crippen LogP contribution in [0.25, 0.3) is 0 Å². The Morgan fingerprint density at radius 3 is 2.75 bits per heavy atom. The summed E-state index contributed by atoms with van der Waals surface area (Å²) in [6, 6.07) is 7.96. The minimum absolute atomic E-state index is 0.258. The first kappa shape index (κ1) is 18.2. The zero-order chi connectivity index (χ0) is 17.6. The molecule has 0 amide bonds. The van der Waals surface area contributed by atoms with Gasteiger partial charge in [-0.2, -0.15) is 0 Å². The van der Waals surface area contributed by atoms with E-state index in [-0.39, 0.29) is 12.3 Å². The van der Waals surface area contributed by atoms with E-state index in [1.165, 1.54) is 23.5 Å². The summed E-state index contributed by atoms with van der Waals surface area (Å²) in [7, 11) is 0. The number of hydrogen-bond acceptors (Lipinski definition) is 4. The molecule has 0 spiro atoms. The van der Waals surface area contributed by atoms with E-state index >= 15 is 0 Å². The molecular weight excluding hydrogens is 329 g/mol.